The van der Waals surface area contributed by atoms with Crippen molar-refractivity contribution in [2.24, 2.45) is 0 Å². The molecule has 124 valence electrons. The largest absolute Gasteiger partial charge is 0.511 e. The van der Waals surface area contributed by atoms with Crippen molar-refractivity contribution in [2.75, 3.05) is 0 Å². The highest BCUT2D eigenvalue weighted by atomic mass is 16.3. The molecular formula is C20H15NO4. The summed E-state index contributed by atoms with van der Waals surface area (Å²) in [4.78, 5) is 14.2. The van der Waals surface area contributed by atoms with E-state index in [1.165, 1.54) is 6.07 Å². The highest BCUT2D eigenvalue weighted by Gasteiger charge is 2.12. The van der Waals surface area contributed by atoms with Crippen LogP contribution in [0.1, 0.15) is 12.0 Å². The van der Waals surface area contributed by atoms with E-state index in [1.807, 2.05) is 30.3 Å². The molecule has 0 saturated heterocycles. The Balaban J connectivity index is 1.95. The van der Waals surface area contributed by atoms with Gasteiger partial charge in [0.05, 0.1) is 5.22 Å². The molecule has 0 amide bonds. The van der Waals surface area contributed by atoms with Crippen molar-refractivity contribution in [3.8, 4) is 11.6 Å². The Morgan fingerprint density at radius 2 is 1.84 bits per heavy atom. The Kier molecular flexibility index (Phi) is 3.35. The fourth-order valence-corrected chi connectivity index (χ4v) is 3.25. The third kappa shape index (κ3) is 2.65. The second-order valence-electron chi connectivity index (χ2n) is 6.06. The Hall–Kier alpha value is -3.47. The molecule has 1 heterocycles. The average molecular weight is 333 g/mol. The number of hydrogen-bond acceptors (Lipinski definition) is 4. The number of fused-ring (bicyclic) bond motifs is 2. The number of aliphatic hydroxyl groups excluding tert-OH is 1. The molecule has 0 unspecified atom stereocenters. The van der Waals surface area contributed by atoms with E-state index < -0.39 is 5.56 Å². The monoisotopic (exact) mass is 333 g/mol. The number of aromatic amines is 1. The van der Waals surface area contributed by atoms with Crippen LogP contribution in [0.4, 0.5) is 0 Å². The van der Waals surface area contributed by atoms with Gasteiger partial charge in [-0.15, -0.1) is 0 Å². The molecule has 1 aliphatic carbocycles. The summed E-state index contributed by atoms with van der Waals surface area (Å²) in [5.74, 6) is -0.143. The van der Waals surface area contributed by atoms with Crippen molar-refractivity contribution in [3.63, 3.8) is 0 Å². The lowest BCUT2D eigenvalue weighted by atomic mass is 9.97. The molecule has 4 N–H and O–H groups in total. The molecule has 0 bridgehead atoms. The standard InChI is InChI=1S/C20H15NO4/c22-15-8-12-3-1-2-4-16(12)13(9-15)5-11-6-14-10-18(24)21-20(25)19(14)17(23)7-11/h1-6,8-10,22-24H,7H2,(H,21,25). The lowest BCUT2D eigenvalue weighted by Crippen LogP contribution is -2.43. The molecule has 0 fully saturated rings. The summed E-state index contributed by atoms with van der Waals surface area (Å²) in [6.07, 6.45) is 3.81. The number of phenols is 1. The molecule has 0 aliphatic heterocycles. The maximum absolute atomic E-state index is 11.9. The number of aromatic nitrogens is 1. The average Bonchev–Trinajstić information content (AvgIpc) is 2.53. The normalized spacial score (nSPS) is 15.2. The number of aliphatic hydroxyl groups is 1. The summed E-state index contributed by atoms with van der Waals surface area (Å²) >= 11 is 0. The van der Waals surface area contributed by atoms with Gasteiger partial charge >= 0.3 is 0 Å². The van der Waals surface area contributed by atoms with E-state index in [4.69, 9.17) is 0 Å². The van der Waals surface area contributed by atoms with Crippen LogP contribution >= 0.6 is 0 Å². The molecular weight excluding hydrogens is 318 g/mol. The maximum Gasteiger partial charge on any atom is 0.261 e. The third-order valence-corrected chi connectivity index (χ3v) is 4.27. The van der Waals surface area contributed by atoms with Gasteiger partial charge in [-0.2, -0.15) is 0 Å². The summed E-state index contributed by atoms with van der Waals surface area (Å²) in [7, 11) is 0. The van der Waals surface area contributed by atoms with Crippen molar-refractivity contribution < 1.29 is 15.3 Å². The maximum atomic E-state index is 11.9. The van der Waals surface area contributed by atoms with Gasteiger partial charge in [0, 0.05) is 12.5 Å². The molecule has 5 nitrogen and oxygen atoms in total. The van der Waals surface area contributed by atoms with Crippen molar-refractivity contribution in [3.05, 3.63) is 74.4 Å². The van der Waals surface area contributed by atoms with E-state index in [2.05, 4.69) is 4.98 Å². The van der Waals surface area contributed by atoms with E-state index in [0.717, 1.165) is 21.9 Å². The van der Waals surface area contributed by atoms with E-state index >= 15 is 0 Å². The van der Waals surface area contributed by atoms with Crippen molar-refractivity contribution in [1.29, 1.82) is 0 Å². The second kappa shape index (κ2) is 5.56. The lowest BCUT2D eigenvalue weighted by Gasteiger charge is -2.10. The van der Waals surface area contributed by atoms with Crippen LogP contribution < -0.4 is 16.0 Å². The third-order valence-electron chi connectivity index (χ3n) is 4.27. The number of H-pyrrole nitrogens is 1. The van der Waals surface area contributed by atoms with Crippen LogP contribution in [-0.2, 0) is 0 Å². The van der Waals surface area contributed by atoms with Gasteiger partial charge in [-0.05, 0) is 39.3 Å². The summed E-state index contributed by atoms with van der Waals surface area (Å²) in [6.45, 7) is 0. The smallest absolute Gasteiger partial charge is 0.261 e. The van der Waals surface area contributed by atoms with Crippen LogP contribution in [-0.4, -0.2) is 20.3 Å². The Morgan fingerprint density at radius 1 is 1.04 bits per heavy atom. The van der Waals surface area contributed by atoms with Crippen LogP contribution in [0.25, 0.3) is 28.7 Å². The predicted molar refractivity (Wildman–Crippen MR) is 96.7 cm³/mol. The Morgan fingerprint density at radius 3 is 2.68 bits per heavy atom. The topological polar surface area (TPSA) is 93.6 Å². The molecule has 3 aromatic rings. The predicted octanol–water partition coefficient (Wildman–Crippen LogP) is 1.87. The molecule has 1 aliphatic rings. The highest BCUT2D eigenvalue weighted by molar-refractivity contribution is 5.93. The van der Waals surface area contributed by atoms with Crippen LogP contribution in [0.15, 0.2) is 52.8 Å². The number of rotatable bonds is 1. The minimum atomic E-state index is -0.523. The fourth-order valence-electron chi connectivity index (χ4n) is 3.25. The van der Waals surface area contributed by atoms with E-state index in [1.54, 1.807) is 18.2 Å². The van der Waals surface area contributed by atoms with E-state index in [9.17, 15) is 20.1 Å². The Bertz CT molecular complexity index is 1220. The van der Waals surface area contributed by atoms with Gasteiger partial charge < -0.3 is 15.3 Å². The zero-order valence-electron chi connectivity index (χ0n) is 13.2. The molecule has 4 rings (SSSR count). The van der Waals surface area contributed by atoms with E-state index in [-0.39, 0.29) is 29.0 Å². The number of nitrogens with one attached hydrogen (secondary N) is 1. The van der Waals surface area contributed by atoms with Gasteiger partial charge in [0.1, 0.15) is 11.5 Å². The molecule has 25 heavy (non-hydrogen) atoms. The summed E-state index contributed by atoms with van der Waals surface area (Å²) in [6, 6.07) is 12.4. The zero-order valence-corrected chi connectivity index (χ0v) is 13.2. The molecule has 0 atom stereocenters. The van der Waals surface area contributed by atoms with Gasteiger partial charge in [0.2, 0.25) is 0 Å². The van der Waals surface area contributed by atoms with Crippen molar-refractivity contribution >= 4 is 28.7 Å². The first kappa shape index (κ1) is 15.1. The number of hydrogen-bond donors (Lipinski definition) is 4. The highest BCUT2D eigenvalue weighted by Crippen LogP contribution is 2.28. The van der Waals surface area contributed by atoms with Crippen LogP contribution in [0.5, 0.6) is 11.6 Å². The van der Waals surface area contributed by atoms with Gasteiger partial charge in [-0.25, -0.2) is 0 Å². The Labute approximate surface area is 142 Å². The first-order chi connectivity index (χ1) is 12.0. The zero-order chi connectivity index (χ0) is 17.6. The van der Waals surface area contributed by atoms with Gasteiger partial charge in [-0.3, -0.25) is 9.78 Å². The quantitative estimate of drug-likeness (QED) is 0.547. The number of phenolic OH excluding ortho intramolecular Hbond substituents is 1. The van der Waals surface area contributed by atoms with Crippen molar-refractivity contribution in [2.45, 2.75) is 6.42 Å². The molecule has 0 saturated carbocycles. The minimum Gasteiger partial charge on any atom is -0.511 e. The molecule has 5 heteroatoms. The fraction of sp³-hybridized carbons (Fsp3) is 0.0500. The van der Waals surface area contributed by atoms with Crippen molar-refractivity contribution in [1.82, 2.24) is 4.98 Å². The van der Waals surface area contributed by atoms with Gasteiger partial charge in [-0.1, -0.05) is 36.4 Å². The second-order valence-corrected chi connectivity index (χ2v) is 6.06. The molecule has 0 spiro atoms. The SMILES string of the molecule is O=c1[nH]c(O)cc2c1=C(O)CC(=Cc1cc(O)cc3ccccc13)C=2. The van der Waals surface area contributed by atoms with E-state index in [0.29, 0.717) is 5.22 Å². The van der Waals surface area contributed by atoms with Gasteiger partial charge in [0.15, 0.2) is 5.88 Å². The first-order valence-corrected chi connectivity index (χ1v) is 7.80. The lowest BCUT2D eigenvalue weighted by molar-refractivity contribution is 0.449. The molecule has 1 aromatic heterocycles. The number of benzene rings is 2. The van der Waals surface area contributed by atoms with Gasteiger partial charge in [0.25, 0.3) is 5.56 Å². The van der Waals surface area contributed by atoms with Crippen LogP contribution in [0, 0.1) is 0 Å². The number of aromatic hydroxyl groups is 2. The molecule has 2 aromatic carbocycles. The number of pyridine rings is 1. The summed E-state index contributed by atoms with van der Waals surface area (Å²) in [5, 5.41) is 32.3. The van der Waals surface area contributed by atoms with Crippen LogP contribution in [0.2, 0.25) is 0 Å². The van der Waals surface area contributed by atoms with Crippen LogP contribution in [0.3, 0.4) is 0 Å². The summed E-state index contributed by atoms with van der Waals surface area (Å²) < 4.78 is 0. The molecule has 0 radical (unpaired) electrons. The summed E-state index contributed by atoms with van der Waals surface area (Å²) in [5.41, 5.74) is 1.06. The minimum absolute atomic E-state index is 0.0468. The first-order valence-electron chi connectivity index (χ1n) is 7.80.